The van der Waals surface area contributed by atoms with Crippen LogP contribution in [0.3, 0.4) is 0 Å². The Morgan fingerprint density at radius 2 is 2.12 bits per heavy atom. The van der Waals surface area contributed by atoms with Crippen LogP contribution >= 0.6 is 0 Å². The van der Waals surface area contributed by atoms with Gasteiger partial charge in [0.05, 0.1) is 0 Å². The van der Waals surface area contributed by atoms with Crippen LogP contribution in [0.4, 0.5) is 5.69 Å². The van der Waals surface area contributed by atoms with Crippen molar-refractivity contribution < 1.29 is 4.79 Å². The topological polar surface area (TPSA) is 46.9 Å². The van der Waals surface area contributed by atoms with Crippen LogP contribution < -0.4 is 5.32 Å². The first-order chi connectivity index (χ1) is 7.74. The Balaban J connectivity index is 1.95. The van der Waals surface area contributed by atoms with Gasteiger partial charge in [-0.05, 0) is 25.1 Å². The maximum atomic E-state index is 11.6. The van der Waals surface area contributed by atoms with Gasteiger partial charge in [0.1, 0.15) is 6.54 Å². The molecule has 1 aromatic heterocycles. The Kier molecular flexibility index (Phi) is 3.00. The lowest BCUT2D eigenvalue weighted by Crippen LogP contribution is -2.18. The van der Waals surface area contributed by atoms with Gasteiger partial charge in [-0.2, -0.15) is 5.10 Å². The molecule has 1 amide bonds. The van der Waals surface area contributed by atoms with Crippen molar-refractivity contribution in [3.8, 4) is 0 Å². The van der Waals surface area contributed by atoms with Gasteiger partial charge in [0.2, 0.25) is 5.91 Å². The third-order valence-electron chi connectivity index (χ3n) is 2.20. The lowest BCUT2D eigenvalue weighted by atomic mass is 10.2. The van der Waals surface area contributed by atoms with Crippen LogP contribution in [-0.2, 0) is 11.3 Å². The molecule has 0 bridgehead atoms. The van der Waals surface area contributed by atoms with Crippen molar-refractivity contribution in [1.29, 1.82) is 0 Å². The lowest BCUT2D eigenvalue weighted by molar-refractivity contribution is -0.116. The van der Waals surface area contributed by atoms with Crippen LogP contribution in [0.25, 0.3) is 0 Å². The third-order valence-corrected chi connectivity index (χ3v) is 2.20. The number of hydrogen-bond donors (Lipinski definition) is 1. The highest BCUT2D eigenvalue weighted by Crippen LogP contribution is 2.08. The molecule has 2 aromatic rings. The average molecular weight is 215 g/mol. The zero-order valence-corrected chi connectivity index (χ0v) is 9.05. The van der Waals surface area contributed by atoms with Gasteiger partial charge in [-0.3, -0.25) is 9.48 Å². The molecule has 0 saturated carbocycles. The van der Waals surface area contributed by atoms with Crippen LogP contribution in [0.5, 0.6) is 0 Å². The van der Waals surface area contributed by atoms with E-state index in [1.807, 2.05) is 31.2 Å². The van der Waals surface area contributed by atoms with Crippen molar-refractivity contribution in [1.82, 2.24) is 9.78 Å². The standard InChI is InChI=1S/C12H13N3O/c1-10-3-5-11(6-4-10)14-12(16)9-15-8-2-7-13-15/h2-8H,9H2,1H3,(H,14,16). The minimum atomic E-state index is -0.0763. The van der Waals surface area contributed by atoms with E-state index in [4.69, 9.17) is 0 Å². The second-order valence-electron chi connectivity index (χ2n) is 3.62. The van der Waals surface area contributed by atoms with Crippen LogP contribution in [0.2, 0.25) is 0 Å². The van der Waals surface area contributed by atoms with E-state index in [1.165, 1.54) is 5.56 Å². The fraction of sp³-hybridized carbons (Fsp3) is 0.167. The number of nitrogens with one attached hydrogen (secondary N) is 1. The lowest BCUT2D eigenvalue weighted by Gasteiger charge is -2.05. The zero-order valence-electron chi connectivity index (χ0n) is 9.05. The number of carbonyl (C=O) groups is 1. The van der Waals surface area contributed by atoms with Crippen molar-refractivity contribution >= 4 is 11.6 Å². The Labute approximate surface area is 93.9 Å². The number of amides is 1. The van der Waals surface area contributed by atoms with Gasteiger partial charge in [-0.15, -0.1) is 0 Å². The molecule has 0 saturated heterocycles. The number of benzene rings is 1. The van der Waals surface area contributed by atoms with Crippen LogP contribution in [-0.4, -0.2) is 15.7 Å². The van der Waals surface area contributed by atoms with E-state index < -0.39 is 0 Å². The number of nitrogens with zero attached hydrogens (tertiary/aromatic N) is 2. The first kappa shape index (κ1) is 10.4. The molecule has 1 heterocycles. The predicted molar refractivity (Wildman–Crippen MR) is 62.0 cm³/mol. The molecule has 4 nitrogen and oxygen atoms in total. The maximum absolute atomic E-state index is 11.6. The van der Waals surface area contributed by atoms with Gasteiger partial charge >= 0.3 is 0 Å². The van der Waals surface area contributed by atoms with Crippen LogP contribution in [0, 0.1) is 6.92 Å². The fourth-order valence-corrected chi connectivity index (χ4v) is 1.38. The van der Waals surface area contributed by atoms with E-state index in [-0.39, 0.29) is 12.5 Å². The molecule has 2 rings (SSSR count). The Morgan fingerprint density at radius 3 is 2.75 bits per heavy atom. The molecule has 0 fully saturated rings. The number of aryl methyl sites for hydroxylation is 1. The highest BCUT2D eigenvalue weighted by molar-refractivity contribution is 5.90. The molecule has 0 atom stereocenters. The van der Waals surface area contributed by atoms with Gasteiger partial charge in [0.25, 0.3) is 0 Å². The highest BCUT2D eigenvalue weighted by atomic mass is 16.2. The van der Waals surface area contributed by atoms with Crippen molar-refractivity contribution in [2.24, 2.45) is 0 Å². The van der Waals surface area contributed by atoms with E-state index in [2.05, 4.69) is 10.4 Å². The van der Waals surface area contributed by atoms with Gasteiger partial charge in [-0.1, -0.05) is 17.7 Å². The molecule has 0 aliphatic carbocycles. The Morgan fingerprint density at radius 1 is 1.38 bits per heavy atom. The largest absolute Gasteiger partial charge is 0.324 e. The first-order valence-corrected chi connectivity index (χ1v) is 5.08. The molecular weight excluding hydrogens is 202 g/mol. The minimum Gasteiger partial charge on any atom is -0.324 e. The minimum absolute atomic E-state index is 0.0763. The summed E-state index contributed by atoms with van der Waals surface area (Å²) in [4.78, 5) is 11.6. The summed E-state index contributed by atoms with van der Waals surface area (Å²) in [6.07, 6.45) is 3.41. The molecule has 0 spiro atoms. The summed E-state index contributed by atoms with van der Waals surface area (Å²) in [6, 6.07) is 9.48. The summed E-state index contributed by atoms with van der Waals surface area (Å²) in [6.45, 7) is 2.25. The molecule has 4 heteroatoms. The molecule has 1 N–H and O–H groups in total. The quantitative estimate of drug-likeness (QED) is 0.849. The predicted octanol–water partition coefficient (Wildman–Crippen LogP) is 1.83. The normalized spacial score (nSPS) is 10.1. The van der Waals surface area contributed by atoms with E-state index in [1.54, 1.807) is 23.1 Å². The second kappa shape index (κ2) is 4.61. The summed E-state index contributed by atoms with van der Waals surface area (Å²) in [7, 11) is 0. The zero-order chi connectivity index (χ0) is 11.4. The summed E-state index contributed by atoms with van der Waals surface area (Å²) < 4.78 is 1.59. The summed E-state index contributed by atoms with van der Waals surface area (Å²) in [5, 5.41) is 6.78. The SMILES string of the molecule is Cc1ccc(NC(=O)Cn2cccn2)cc1. The average Bonchev–Trinajstić information content (AvgIpc) is 2.74. The molecular formula is C12H13N3O. The van der Waals surface area contributed by atoms with Gasteiger partial charge in [0.15, 0.2) is 0 Å². The molecule has 82 valence electrons. The van der Waals surface area contributed by atoms with Gasteiger partial charge in [0, 0.05) is 18.1 Å². The number of anilines is 1. The molecule has 0 aliphatic heterocycles. The molecule has 0 unspecified atom stereocenters. The van der Waals surface area contributed by atoms with E-state index in [0.29, 0.717) is 0 Å². The highest BCUT2D eigenvalue weighted by Gasteiger charge is 2.02. The summed E-state index contributed by atoms with van der Waals surface area (Å²) >= 11 is 0. The van der Waals surface area contributed by atoms with Crippen molar-refractivity contribution in [2.45, 2.75) is 13.5 Å². The van der Waals surface area contributed by atoms with Crippen molar-refractivity contribution in [3.63, 3.8) is 0 Å². The first-order valence-electron chi connectivity index (χ1n) is 5.08. The molecule has 0 aliphatic rings. The number of aromatic nitrogens is 2. The van der Waals surface area contributed by atoms with Crippen LogP contribution in [0.1, 0.15) is 5.56 Å². The number of carbonyl (C=O) groups excluding carboxylic acids is 1. The molecule has 1 aromatic carbocycles. The third kappa shape index (κ3) is 2.70. The van der Waals surface area contributed by atoms with Crippen molar-refractivity contribution in [3.05, 3.63) is 48.3 Å². The van der Waals surface area contributed by atoms with Gasteiger partial charge in [-0.25, -0.2) is 0 Å². The van der Waals surface area contributed by atoms with Crippen LogP contribution in [0.15, 0.2) is 42.7 Å². The second-order valence-corrected chi connectivity index (χ2v) is 3.62. The van der Waals surface area contributed by atoms with E-state index in [0.717, 1.165) is 5.69 Å². The van der Waals surface area contributed by atoms with Crippen molar-refractivity contribution in [2.75, 3.05) is 5.32 Å². The van der Waals surface area contributed by atoms with E-state index >= 15 is 0 Å². The molecule has 0 radical (unpaired) electrons. The van der Waals surface area contributed by atoms with E-state index in [9.17, 15) is 4.79 Å². The maximum Gasteiger partial charge on any atom is 0.246 e. The number of rotatable bonds is 3. The summed E-state index contributed by atoms with van der Waals surface area (Å²) in [5.41, 5.74) is 1.98. The Bertz CT molecular complexity index is 460. The fourth-order valence-electron chi connectivity index (χ4n) is 1.38. The molecule has 16 heavy (non-hydrogen) atoms. The summed E-state index contributed by atoms with van der Waals surface area (Å²) in [5.74, 6) is -0.0763. The monoisotopic (exact) mass is 215 g/mol. The smallest absolute Gasteiger partial charge is 0.246 e. The Hall–Kier alpha value is -2.10. The van der Waals surface area contributed by atoms with Gasteiger partial charge < -0.3 is 5.32 Å². The number of hydrogen-bond acceptors (Lipinski definition) is 2.